The van der Waals surface area contributed by atoms with Gasteiger partial charge in [0.25, 0.3) is 0 Å². The molecule has 1 amide bonds. The van der Waals surface area contributed by atoms with E-state index < -0.39 is 11.0 Å². The molecule has 1 unspecified atom stereocenters. The number of piperidine rings is 1. The van der Waals surface area contributed by atoms with E-state index in [9.17, 15) is 15.0 Å². The van der Waals surface area contributed by atoms with Crippen molar-refractivity contribution in [3.8, 4) is 11.5 Å². The summed E-state index contributed by atoms with van der Waals surface area (Å²) < 4.78 is 6.69. The van der Waals surface area contributed by atoms with Gasteiger partial charge in [0.2, 0.25) is 5.91 Å². The molecule has 1 aromatic rings. The van der Waals surface area contributed by atoms with Gasteiger partial charge >= 0.3 is 0 Å². The van der Waals surface area contributed by atoms with Crippen LogP contribution in [0.25, 0.3) is 0 Å². The fraction of sp³-hybridized carbons (Fsp3) is 0.679. The van der Waals surface area contributed by atoms with Crippen molar-refractivity contribution in [2.75, 3.05) is 19.6 Å². The monoisotopic (exact) mass is 462 g/mol. The van der Waals surface area contributed by atoms with Gasteiger partial charge in [0.15, 0.2) is 11.5 Å². The van der Waals surface area contributed by atoms with Gasteiger partial charge in [-0.25, -0.2) is 0 Å². The van der Waals surface area contributed by atoms with Crippen LogP contribution >= 0.6 is 0 Å². The van der Waals surface area contributed by atoms with E-state index in [4.69, 9.17) is 4.74 Å². The van der Waals surface area contributed by atoms with E-state index in [0.29, 0.717) is 12.2 Å². The van der Waals surface area contributed by atoms with Crippen LogP contribution in [-0.4, -0.2) is 69.3 Å². The third kappa shape index (κ3) is 2.32. The zero-order chi connectivity index (χ0) is 22.8. The highest BCUT2D eigenvalue weighted by atomic mass is 16.5. The molecule has 2 N–H and O–H groups in total. The lowest BCUT2D eigenvalue weighted by Gasteiger charge is -2.64. The average Bonchev–Trinajstić information content (AvgIpc) is 3.49. The van der Waals surface area contributed by atoms with Crippen molar-refractivity contribution in [2.45, 2.75) is 93.4 Å². The lowest BCUT2D eigenvalue weighted by atomic mass is 9.48. The number of nitrogens with zero attached hydrogens (tertiary/aromatic N) is 2. The largest absolute Gasteiger partial charge is 0.504 e. The summed E-state index contributed by atoms with van der Waals surface area (Å²) in [6, 6.07) is 3.84. The first-order valence-electron chi connectivity index (χ1n) is 13.5. The van der Waals surface area contributed by atoms with Gasteiger partial charge in [-0.2, -0.15) is 0 Å². The van der Waals surface area contributed by atoms with E-state index in [-0.39, 0.29) is 29.8 Å². The highest BCUT2D eigenvalue weighted by Gasteiger charge is 2.73. The van der Waals surface area contributed by atoms with Gasteiger partial charge < -0.3 is 19.8 Å². The van der Waals surface area contributed by atoms with E-state index in [0.717, 1.165) is 75.2 Å². The smallest absolute Gasteiger partial charge is 0.250 e. The number of phenols is 1. The lowest BCUT2D eigenvalue weighted by Crippen LogP contribution is -2.78. The number of rotatable bonds is 3. The third-order valence-corrected chi connectivity index (χ3v) is 10.6. The Morgan fingerprint density at radius 3 is 2.79 bits per heavy atom. The molecule has 0 aromatic heterocycles. The Morgan fingerprint density at radius 1 is 1.12 bits per heavy atom. The molecule has 34 heavy (non-hydrogen) atoms. The Kier molecular flexibility index (Phi) is 3.90. The minimum Gasteiger partial charge on any atom is -0.504 e. The highest BCUT2D eigenvalue weighted by molar-refractivity contribution is 5.97. The molecule has 2 saturated carbocycles. The molecule has 7 aliphatic rings. The molecule has 6 heteroatoms. The topological polar surface area (TPSA) is 73.2 Å². The number of aromatic hydroxyl groups is 1. The molecule has 2 bridgehead atoms. The summed E-state index contributed by atoms with van der Waals surface area (Å²) in [6.45, 7) is 2.76. The zero-order valence-electron chi connectivity index (χ0n) is 19.8. The van der Waals surface area contributed by atoms with E-state index >= 15 is 0 Å². The van der Waals surface area contributed by atoms with Gasteiger partial charge in [0.1, 0.15) is 6.10 Å². The SMILES string of the molecule is O=C1C2=C(CCCC2)CN1C1CC[C@@]2(O)[C@H]3Cc4ccc(O)c5c4[C@@]2(CCN3CC2CC2)[C@H]1O5. The Bertz CT molecular complexity index is 1140. The Labute approximate surface area is 200 Å². The second-order valence-corrected chi connectivity index (χ2v) is 12.1. The predicted octanol–water partition coefficient (Wildman–Crippen LogP) is 3.04. The van der Waals surface area contributed by atoms with Gasteiger partial charge in [-0.1, -0.05) is 6.07 Å². The molecular formula is C28H34N2O4. The second-order valence-electron chi connectivity index (χ2n) is 12.1. The predicted molar refractivity (Wildman–Crippen MR) is 126 cm³/mol. The van der Waals surface area contributed by atoms with Crippen LogP contribution in [0.4, 0.5) is 0 Å². The molecule has 4 aliphatic carbocycles. The lowest BCUT2D eigenvalue weighted by molar-refractivity contribution is -0.200. The molecule has 3 fully saturated rings. The highest BCUT2D eigenvalue weighted by Crippen LogP contribution is 2.66. The van der Waals surface area contributed by atoms with Crippen LogP contribution in [0.2, 0.25) is 0 Å². The normalized spacial score (nSPS) is 40.3. The summed E-state index contributed by atoms with van der Waals surface area (Å²) in [5.74, 6) is 1.73. The van der Waals surface area contributed by atoms with Gasteiger partial charge in [-0.05, 0) is 93.9 Å². The van der Waals surface area contributed by atoms with Crippen LogP contribution in [0.1, 0.15) is 68.9 Å². The van der Waals surface area contributed by atoms with Crippen LogP contribution in [0.5, 0.6) is 11.5 Å². The molecule has 3 heterocycles. The minimum atomic E-state index is -0.886. The molecule has 3 aliphatic heterocycles. The summed E-state index contributed by atoms with van der Waals surface area (Å²) in [6.07, 6.45) is 9.62. The number of ether oxygens (including phenoxy) is 1. The van der Waals surface area contributed by atoms with E-state index in [1.54, 1.807) is 6.07 Å². The van der Waals surface area contributed by atoms with Crippen molar-refractivity contribution in [1.82, 2.24) is 9.80 Å². The number of likely N-dealkylation sites (tertiary alicyclic amines) is 1. The molecule has 6 nitrogen and oxygen atoms in total. The number of aliphatic hydroxyl groups is 1. The van der Waals surface area contributed by atoms with E-state index in [1.807, 2.05) is 0 Å². The van der Waals surface area contributed by atoms with Crippen molar-refractivity contribution < 1.29 is 19.7 Å². The Hall–Kier alpha value is -2.05. The number of hydrogen-bond donors (Lipinski definition) is 2. The van der Waals surface area contributed by atoms with Crippen LogP contribution in [-0.2, 0) is 16.6 Å². The summed E-state index contributed by atoms with van der Waals surface area (Å²) in [5.41, 5.74) is 3.21. The summed E-state index contributed by atoms with van der Waals surface area (Å²) in [5, 5.41) is 23.5. The maximum Gasteiger partial charge on any atom is 0.250 e. The average molecular weight is 463 g/mol. The van der Waals surface area contributed by atoms with Crippen molar-refractivity contribution in [3.05, 3.63) is 34.4 Å². The van der Waals surface area contributed by atoms with Crippen LogP contribution < -0.4 is 4.74 Å². The molecule has 8 rings (SSSR count). The van der Waals surface area contributed by atoms with Gasteiger partial charge in [-0.15, -0.1) is 0 Å². The van der Waals surface area contributed by atoms with Crippen molar-refractivity contribution in [1.29, 1.82) is 0 Å². The van der Waals surface area contributed by atoms with Crippen molar-refractivity contribution in [2.24, 2.45) is 5.92 Å². The first kappa shape index (κ1) is 20.2. The number of carbonyl (C=O) groups excluding carboxylic acids is 1. The molecule has 1 saturated heterocycles. The van der Waals surface area contributed by atoms with E-state index in [1.165, 1.54) is 30.4 Å². The number of benzene rings is 1. The van der Waals surface area contributed by atoms with Gasteiger partial charge in [0, 0.05) is 30.3 Å². The minimum absolute atomic E-state index is 0.0632. The van der Waals surface area contributed by atoms with Crippen LogP contribution in [0.15, 0.2) is 23.3 Å². The fourth-order valence-corrected chi connectivity index (χ4v) is 8.89. The zero-order valence-corrected chi connectivity index (χ0v) is 19.8. The first-order valence-corrected chi connectivity index (χ1v) is 13.5. The summed E-state index contributed by atoms with van der Waals surface area (Å²) in [7, 11) is 0. The third-order valence-electron chi connectivity index (χ3n) is 10.6. The van der Waals surface area contributed by atoms with Crippen LogP contribution in [0.3, 0.4) is 0 Å². The molecule has 5 atom stereocenters. The van der Waals surface area contributed by atoms with E-state index in [2.05, 4.69) is 15.9 Å². The van der Waals surface area contributed by atoms with Crippen molar-refractivity contribution in [3.63, 3.8) is 0 Å². The molecule has 0 radical (unpaired) electrons. The van der Waals surface area contributed by atoms with Crippen molar-refractivity contribution >= 4 is 5.91 Å². The maximum absolute atomic E-state index is 13.6. The molecular weight excluding hydrogens is 428 g/mol. The molecule has 1 aromatic carbocycles. The standard InChI is InChI=1S/C28H34N2O4/c31-21-8-7-17-13-22-28(33)10-9-20(30-15-18-3-1-2-4-19(18)26(30)32)25-27(28,23(17)24(21)34-25)11-12-29(22)14-16-5-6-16/h7-8,16,20,22,25,31,33H,1-6,9-15H2/t20?,22-,25+,27+,28-/m1/s1. The van der Waals surface area contributed by atoms with Crippen LogP contribution in [0, 0.1) is 5.92 Å². The summed E-state index contributed by atoms with van der Waals surface area (Å²) >= 11 is 0. The first-order chi connectivity index (χ1) is 16.5. The Morgan fingerprint density at radius 2 is 1.97 bits per heavy atom. The number of carbonyl (C=O) groups is 1. The molecule has 1 spiro atoms. The fourth-order valence-electron chi connectivity index (χ4n) is 8.89. The maximum atomic E-state index is 13.6. The van der Waals surface area contributed by atoms with Gasteiger partial charge in [0.05, 0.1) is 17.1 Å². The summed E-state index contributed by atoms with van der Waals surface area (Å²) in [4.78, 5) is 18.2. The number of phenolic OH excluding ortho intramolecular Hbond substituents is 1. The number of hydrogen-bond acceptors (Lipinski definition) is 5. The second kappa shape index (κ2) is 6.58. The van der Waals surface area contributed by atoms with Gasteiger partial charge in [-0.3, -0.25) is 9.69 Å². The number of amides is 1. The quantitative estimate of drug-likeness (QED) is 0.723. The molecule has 180 valence electrons. The Balaban J connectivity index is 1.24.